The largest absolute Gasteiger partial charge is 0.355 e. The van der Waals surface area contributed by atoms with E-state index in [0.29, 0.717) is 5.56 Å². The topological polar surface area (TPSA) is 75.3 Å². The average Bonchev–Trinajstić information content (AvgIpc) is 2.54. The minimum absolute atomic E-state index is 0.00990. The fourth-order valence-corrected chi connectivity index (χ4v) is 3.53. The summed E-state index contributed by atoms with van der Waals surface area (Å²) in [5.74, 6) is -0.647. The number of halogens is 2. The first-order valence-electron chi connectivity index (χ1n) is 7.14. The molecular weight excluding hydrogens is 355 g/mol. The molecule has 0 bridgehead atoms. The van der Waals surface area contributed by atoms with Crippen LogP contribution in [0.3, 0.4) is 0 Å². The Morgan fingerprint density at radius 2 is 1.71 bits per heavy atom. The molecule has 0 aliphatic carbocycles. The number of hydrogen-bond donors (Lipinski definition) is 2. The van der Waals surface area contributed by atoms with Gasteiger partial charge in [-0.25, -0.2) is 17.5 Å². The lowest BCUT2D eigenvalue weighted by molar-refractivity contribution is -0.120. The number of sulfonamides is 1. The van der Waals surface area contributed by atoms with Gasteiger partial charge in [0.15, 0.2) is 0 Å². The maximum atomic E-state index is 12.8. The van der Waals surface area contributed by atoms with Crippen LogP contribution in [0, 0.1) is 5.82 Å². The third kappa shape index (κ3) is 5.30. The van der Waals surface area contributed by atoms with Crippen molar-refractivity contribution in [2.75, 3.05) is 13.1 Å². The molecule has 2 aromatic carbocycles. The number of amides is 1. The minimum atomic E-state index is -3.73. The molecular formula is C16H16ClFN2O3S. The Kier molecular flexibility index (Phi) is 6.30. The highest BCUT2D eigenvalue weighted by Crippen LogP contribution is 2.19. The second-order valence-corrected chi connectivity index (χ2v) is 7.12. The molecule has 2 N–H and O–H groups in total. The van der Waals surface area contributed by atoms with E-state index in [1.807, 2.05) is 0 Å². The van der Waals surface area contributed by atoms with Gasteiger partial charge in [0.2, 0.25) is 15.9 Å². The SMILES string of the molecule is O=C(Cc1ccc(F)cc1)NCCNS(=O)(=O)c1ccccc1Cl. The molecule has 2 aromatic rings. The Morgan fingerprint density at radius 1 is 1.04 bits per heavy atom. The summed E-state index contributed by atoms with van der Waals surface area (Å²) in [6, 6.07) is 11.7. The number of nitrogens with one attached hydrogen (secondary N) is 2. The fraction of sp³-hybridized carbons (Fsp3) is 0.188. The Labute approximate surface area is 144 Å². The van der Waals surface area contributed by atoms with Crippen molar-refractivity contribution >= 4 is 27.5 Å². The zero-order chi connectivity index (χ0) is 17.6. The molecule has 0 atom stereocenters. The molecule has 1 amide bonds. The van der Waals surface area contributed by atoms with E-state index < -0.39 is 10.0 Å². The molecule has 0 radical (unpaired) electrons. The second-order valence-electron chi connectivity index (χ2n) is 4.98. The first kappa shape index (κ1) is 18.4. The quantitative estimate of drug-likeness (QED) is 0.733. The van der Waals surface area contributed by atoms with Gasteiger partial charge in [-0.15, -0.1) is 0 Å². The first-order valence-corrected chi connectivity index (χ1v) is 9.00. The van der Waals surface area contributed by atoms with Gasteiger partial charge in [-0.05, 0) is 29.8 Å². The summed E-state index contributed by atoms with van der Waals surface area (Å²) in [4.78, 5) is 11.7. The molecule has 5 nitrogen and oxygen atoms in total. The van der Waals surface area contributed by atoms with Crippen LogP contribution in [-0.2, 0) is 21.2 Å². The molecule has 0 fully saturated rings. The van der Waals surface area contributed by atoms with E-state index in [9.17, 15) is 17.6 Å². The molecule has 0 aromatic heterocycles. The lowest BCUT2D eigenvalue weighted by atomic mass is 10.1. The van der Waals surface area contributed by atoms with Crippen molar-refractivity contribution < 1.29 is 17.6 Å². The predicted molar refractivity (Wildman–Crippen MR) is 89.8 cm³/mol. The Balaban J connectivity index is 1.79. The summed E-state index contributed by atoms with van der Waals surface area (Å²) in [7, 11) is -3.73. The van der Waals surface area contributed by atoms with Crippen molar-refractivity contribution in [3.8, 4) is 0 Å². The summed E-state index contributed by atoms with van der Waals surface area (Å²) < 4.78 is 39.3. The van der Waals surface area contributed by atoms with Crippen LogP contribution < -0.4 is 10.0 Å². The van der Waals surface area contributed by atoms with E-state index in [2.05, 4.69) is 10.0 Å². The summed E-state index contributed by atoms with van der Waals surface area (Å²) in [6.07, 6.45) is 0.0948. The average molecular weight is 371 g/mol. The minimum Gasteiger partial charge on any atom is -0.355 e. The number of benzene rings is 2. The molecule has 0 saturated carbocycles. The smallest absolute Gasteiger partial charge is 0.242 e. The maximum Gasteiger partial charge on any atom is 0.242 e. The van der Waals surface area contributed by atoms with Crippen molar-refractivity contribution in [1.82, 2.24) is 10.0 Å². The molecule has 0 saturated heterocycles. The summed E-state index contributed by atoms with van der Waals surface area (Å²) in [5, 5.41) is 2.72. The van der Waals surface area contributed by atoms with Crippen LogP contribution in [0.15, 0.2) is 53.4 Å². The van der Waals surface area contributed by atoms with Gasteiger partial charge >= 0.3 is 0 Å². The second kappa shape index (κ2) is 8.23. The summed E-state index contributed by atoms with van der Waals surface area (Å²) >= 11 is 5.86. The number of carbonyl (C=O) groups is 1. The first-order chi connectivity index (χ1) is 11.4. The van der Waals surface area contributed by atoms with Crippen molar-refractivity contribution in [2.24, 2.45) is 0 Å². The van der Waals surface area contributed by atoms with Crippen LogP contribution in [0.25, 0.3) is 0 Å². The van der Waals surface area contributed by atoms with Crippen LogP contribution in [0.1, 0.15) is 5.56 Å². The van der Waals surface area contributed by atoms with Crippen molar-refractivity contribution in [1.29, 1.82) is 0 Å². The number of hydrogen-bond acceptors (Lipinski definition) is 3. The molecule has 8 heteroatoms. The number of carbonyl (C=O) groups excluding carboxylic acids is 1. The lowest BCUT2D eigenvalue weighted by Crippen LogP contribution is -2.35. The fourth-order valence-electron chi connectivity index (χ4n) is 1.98. The van der Waals surface area contributed by atoms with Crippen LogP contribution in [0.4, 0.5) is 4.39 Å². The van der Waals surface area contributed by atoms with E-state index >= 15 is 0 Å². The summed E-state index contributed by atoms with van der Waals surface area (Å²) in [6.45, 7) is 0.159. The lowest BCUT2D eigenvalue weighted by Gasteiger charge is -2.09. The zero-order valence-corrected chi connectivity index (χ0v) is 14.2. The van der Waals surface area contributed by atoms with Gasteiger partial charge in [-0.1, -0.05) is 35.9 Å². The molecule has 24 heavy (non-hydrogen) atoms. The monoisotopic (exact) mass is 370 g/mol. The molecule has 0 spiro atoms. The van der Waals surface area contributed by atoms with E-state index in [1.165, 1.54) is 36.4 Å². The standard InChI is InChI=1S/C16H16ClFN2O3S/c17-14-3-1-2-4-15(14)24(22,23)20-10-9-19-16(21)11-12-5-7-13(18)8-6-12/h1-8,20H,9-11H2,(H,19,21). The molecule has 0 aliphatic rings. The van der Waals surface area contributed by atoms with E-state index in [4.69, 9.17) is 11.6 Å². The van der Waals surface area contributed by atoms with Crippen molar-refractivity contribution in [3.63, 3.8) is 0 Å². The Hall–Kier alpha value is -1.96. The van der Waals surface area contributed by atoms with Gasteiger partial charge < -0.3 is 5.32 Å². The third-order valence-electron chi connectivity index (χ3n) is 3.14. The van der Waals surface area contributed by atoms with Gasteiger partial charge in [-0.2, -0.15) is 0 Å². The van der Waals surface area contributed by atoms with Gasteiger partial charge in [0, 0.05) is 13.1 Å². The summed E-state index contributed by atoms with van der Waals surface area (Å²) in [5.41, 5.74) is 0.672. The van der Waals surface area contributed by atoms with Gasteiger partial charge in [-0.3, -0.25) is 4.79 Å². The van der Waals surface area contributed by atoms with Crippen LogP contribution in [0.2, 0.25) is 5.02 Å². The molecule has 0 unspecified atom stereocenters. The normalized spacial score (nSPS) is 11.2. The maximum absolute atomic E-state index is 12.8. The highest BCUT2D eigenvalue weighted by atomic mass is 35.5. The molecule has 0 aliphatic heterocycles. The number of rotatable bonds is 7. The molecule has 128 valence electrons. The predicted octanol–water partition coefficient (Wildman–Crippen LogP) is 2.12. The molecule has 0 heterocycles. The Bertz CT molecular complexity index is 810. The van der Waals surface area contributed by atoms with E-state index in [0.717, 1.165) is 0 Å². The van der Waals surface area contributed by atoms with Gasteiger partial charge in [0.1, 0.15) is 10.7 Å². The van der Waals surface area contributed by atoms with Gasteiger partial charge in [0.25, 0.3) is 0 Å². The van der Waals surface area contributed by atoms with E-state index in [1.54, 1.807) is 12.1 Å². The van der Waals surface area contributed by atoms with Crippen LogP contribution in [0.5, 0.6) is 0 Å². The van der Waals surface area contributed by atoms with Crippen LogP contribution in [-0.4, -0.2) is 27.4 Å². The highest BCUT2D eigenvalue weighted by molar-refractivity contribution is 7.89. The van der Waals surface area contributed by atoms with Crippen molar-refractivity contribution in [3.05, 3.63) is 64.9 Å². The zero-order valence-electron chi connectivity index (χ0n) is 12.6. The Morgan fingerprint density at radius 3 is 2.38 bits per heavy atom. The molecule has 2 rings (SSSR count). The van der Waals surface area contributed by atoms with Crippen LogP contribution >= 0.6 is 11.6 Å². The third-order valence-corrected chi connectivity index (χ3v) is 5.10. The highest BCUT2D eigenvalue weighted by Gasteiger charge is 2.16. The van der Waals surface area contributed by atoms with Crippen molar-refractivity contribution in [2.45, 2.75) is 11.3 Å². The van der Waals surface area contributed by atoms with E-state index in [-0.39, 0.29) is 41.2 Å². The van der Waals surface area contributed by atoms with Gasteiger partial charge in [0.05, 0.1) is 11.4 Å².